The molecule has 1 amide bonds. The molecule has 0 saturated carbocycles. The zero-order valence-electron chi connectivity index (χ0n) is 11.9. The minimum absolute atomic E-state index is 0.0182. The van der Waals surface area contributed by atoms with E-state index in [2.05, 4.69) is 5.32 Å². The number of aliphatic hydroxyl groups is 1. The van der Waals surface area contributed by atoms with Gasteiger partial charge in [-0.3, -0.25) is 9.69 Å². The highest BCUT2D eigenvalue weighted by molar-refractivity contribution is 6.30. The van der Waals surface area contributed by atoms with Crippen molar-refractivity contribution in [2.24, 2.45) is 0 Å². The van der Waals surface area contributed by atoms with Crippen LogP contribution >= 0.6 is 11.6 Å². The third kappa shape index (κ3) is 7.48. The number of benzene rings is 1. The van der Waals surface area contributed by atoms with E-state index in [4.69, 9.17) is 16.7 Å². The standard InChI is InChI=1S/C15H23ClN2O2/c1-18(9-3-2-4-10-19)12-15(20)17-11-13-5-7-14(16)8-6-13/h5-8,19H,2-4,9-12H2,1H3,(H,17,20). The molecular weight excluding hydrogens is 276 g/mol. The molecule has 0 heterocycles. The van der Waals surface area contributed by atoms with Crippen molar-refractivity contribution in [2.75, 3.05) is 26.7 Å². The summed E-state index contributed by atoms with van der Waals surface area (Å²) >= 11 is 5.80. The lowest BCUT2D eigenvalue weighted by Crippen LogP contribution is -2.35. The van der Waals surface area contributed by atoms with E-state index >= 15 is 0 Å². The fourth-order valence-electron chi connectivity index (χ4n) is 1.85. The summed E-state index contributed by atoms with van der Waals surface area (Å²) in [5, 5.41) is 12.3. The van der Waals surface area contributed by atoms with Crippen LogP contribution in [0.2, 0.25) is 5.02 Å². The summed E-state index contributed by atoms with van der Waals surface area (Å²) in [6, 6.07) is 7.44. The van der Waals surface area contributed by atoms with E-state index in [-0.39, 0.29) is 12.5 Å². The van der Waals surface area contributed by atoms with Gasteiger partial charge in [0, 0.05) is 18.2 Å². The zero-order valence-corrected chi connectivity index (χ0v) is 12.7. The van der Waals surface area contributed by atoms with Gasteiger partial charge in [0.15, 0.2) is 0 Å². The molecule has 0 fully saturated rings. The first-order valence-electron chi connectivity index (χ1n) is 6.92. The number of hydrogen-bond acceptors (Lipinski definition) is 3. The Balaban J connectivity index is 2.17. The fraction of sp³-hybridized carbons (Fsp3) is 0.533. The van der Waals surface area contributed by atoms with Crippen LogP contribution < -0.4 is 5.32 Å². The van der Waals surface area contributed by atoms with Crippen LogP contribution in [0.4, 0.5) is 0 Å². The van der Waals surface area contributed by atoms with Crippen molar-refractivity contribution in [1.82, 2.24) is 10.2 Å². The third-order valence-corrected chi connectivity index (χ3v) is 3.27. The number of unbranched alkanes of at least 4 members (excludes halogenated alkanes) is 2. The summed E-state index contributed by atoms with van der Waals surface area (Å²) in [5.74, 6) is 0.0182. The maximum Gasteiger partial charge on any atom is 0.234 e. The van der Waals surface area contributed by atoms with Crippen LogP contribution in [-0.4, -0.2) is 42.7 Å². The Hall–Kier alpha value is -1.10. The summed E-state index contributed by atoms with van der Waals surface area (Å²) < 4.78 is 0. The van der Waals surface area contributed by atoms with Gasteiger partial charge in [-0.1, -0.05) is 23.7 Å². The number of carbonyl (C=O) groups is 1. The Bertz CT molecular complexity index is 395. The molecular formula is C15H23ClN2O2. The largest absolute Gasteiger partial charge is 0.396 e. The van der Waals surface area contributed by atoms with Gasteiger partial charge in [-0.25, -0.2) is 0 Å². The van der Waals surface area contributed by atoms with Crippen molar-refractivity contribution in [3.8, 4) is 0 Å². The lowest BCUT2D eigenvalue weighted by Gasteiger charge is -2.16. The van der Waals surface area contributed by atoms with Gasteiger partial charge in [0.2, 0.25) is 5.91 Å². The first kappa shape index (κ1) is 17.0. The molecule has 0 unspecified atom stereocenters. The number of halogens is 1. The zero-order chi connectivity index (χ0) is 14.8. The Morgan fingerprint density at radius 1 is 1.25 bits per heavy atom. The second-order valence-corrected chi connectivity index (χ2v) is 5.36. The minimum Gasteiger partial charge on any atom is -0.396 e. The topological polar surface area (TPSA) is 52.6 Å². The predicted molar refractivity (Wildman–Crippen MR) is 81.7 cm³/mol. The Morgan fingerprint density at radius 2 is 1.95 bits per heavy atom. The van der Waals surface area contributed by atoms with Gasteiger partial charge in [0.25, 0.3) is 0 Å². The molecule has 0 bridgehead atoms. The van der Waals surface area contributed by atoms with Crippen molar-refractivity contribution in [3.63, 3.8) is 0 Å². The first-order valence-corrected chi connectivity index (χ1v) is 7.30. The smallest absolute Gasteiger partial charge is 0.234 e. The molecule has 0 radical (unpaired) electrons. The van der Waals surface area contributed by atoms with Gasteiger partial charge >= 0.3 is 0 Å². The van der Waals surface area contributed by atoms with Gasteiger partial charge < -0.3 is 10.4 Å². The average Bonchev–Trinajstić information content (AvgIpc) is 2.43. The highest BCUT2D eigenvalue weighted by atomic mass is 35.5. The lowest BCUT2D eigenvalue weighted by atomic mass is 10.2. The first-order chi connectivity index (χ1) is 9.61. The summed E-state index contributed by atoms with van der Waals surface area (Å²) in [5.41, 5.74) is 1.04. The monoisotopic (exact) mass is 298 g/mol. The van der Waals surface area contributed by atoms with E-state index in [1.807, 2.05) is 36.2 Å². The molecule has 0 aliphatic rings. The van der Waals surface area contributed by atoms with Gasteiger partial charge in [-0.15, -0.1) is 0 Å². The van der Waals surface area contributed by atoms with Gasteiger partial charge in [-0.05, 0) is 50.6 Å². The maximum atomic E-state index is 11.8. The van der Waals surface area contributed by atoms with Crippen LogP contribution in [0.15, 0.2) is 24.3 Å². The Labute approximate surface area is 125 Å². The number of rotatable bonds is 9. The highest BCUT2D eigenvalue weighted by Crippen LogP contribution is 2.09. The molecule has 0 atom stereocenters. The second kappa shape index (κ2) is 9.75. The van der Waals surface area contributed by atoms with E-state index in [9.17, 15) is 4.79 Å². The molecule has 1 aromatic carbocycles. The Morgan fingerprint density at radius 3 is 2.60 bits per heavy atom. The summed E-state index contributed by atoms with van der Waals surface area (Å²) in [6.45, 7) is 2.03. The number of amides is 1. The number of nitrogens with one attached hydrogen (secondary N) is 1. The molecule has 0 saturated heterocycles. The average molecular weight is 299 g/mol. The van der Waals surface area contributed by atoms with Crippen LogP contribution in [0.5, 0.6) is 0 Å². The third-order valence-electron chi connectivity index (χ3n) is 3.01. The van der Waals surface area contributed by atoms with E-state index in [1.165, 1.54) is 0 Å². The molecule has 2 N–H and O–H groups in total. The van der Waals surface area contributed by atoms with Crippen molar-refractivity contribution in [3.05, 3.63) is 34.9 Å². The van der Waals surface area contributed by atoms with Crippen molar-refractivity contribution >= 4 is 17.5 Å². The Kier molecular flexibility index (Phi) is 8.26. The molecule has 20 heavy (non-hydrogen) atoms. The van der Waals surface area contributed by atoms with E-state index in [1.54, 1.807) is 0 Å². The molecule has 4 nitrogen and oxygen atoms in total. The summed E-state index contributed by atoms with van der Waals surface area (Å²) in [6.07, 6.45) is 2.82. The molecule has 0 spiro atoms. The van der Waals surface area contributed by atoms with Crippen LogP contribution in [0.1, 0.15) is 24.8 Å². The van der Waals surface area contributed by atoms with Gasteiger partial charge in [-0.2, -0.15) is 0 Å². The van der Waals surface area contributed by atoms with E-state index in [0.29, 0.717) is 18.1 Å². The predicted octanol–water partition coefficient (Wildman–Crippen LogP) is 2.05. The molecule has 0 aromatic heterocycles. The number of hydrogen-bond donors (Lipinski definition) is 2. The van der Waals surface area contributed by atoms with Crippen LogP contribution in [0, 0.1) is 0 Å². The fourth-order valence-corrected chi connectivity index (χ4v) is 1.98. The maximum absolute atomic E-state index is 11.8. The molecule has 5 heteroatoms. The normalized spacial score (nSPS) is 10.8. The number of nitrogens with zero attached hydrogens (tertiary/aromatic N) is 1. The van der Waals surface area contributed by atoms with Crippen molar-refractivity contribution < 1.29 is 9.90 Å². The molecule has 0 aliphatic carbocycles. The van der Waals surface area contributed by atoms with Crippen molar-refractivity contribution in [1.29, 1.82) is 0 Å². The van der Waals surface area contributed by atoms with Crippen LogP contribution in [0.25, 0.3) is 0 Å². The quantitative estimate of drug-likeness (QED) is 0.686. The van der Waals surface area contributed by atoms with Crippen molar-refractivity contribution in [2.45, 2.75) is 25.8 Å². The lowest BCUT2D eigenvalue weighted by molar-refractivity contribution is -0.122. The molecule has 1 aromatic rings. The molecule has 112 valence electrons. The highest BCUT2D eigenvalue weighted by Gasteiger charge is 2.05. The minimum atomic E-state index is 0.0182. The second-order valence-electron chi connectivity index (χ2n) is 4.93. The SMILES string of the molecule is CN(CCCCCO)CC(=O)NCc1ccc(Cl)cc1. The van der Waals surface area contributed by atoms with Gasteiger partial charge in [0.05, 0.1) is 6.54 Å². The van der Waals surface area contributed by atoms with E-state index in [0.717, 1.165) is 31.4 Å². The number of carbonyl (C=O) groups excluding carboxylic acids is 1. The van der Waals surface area contributed by atoms with Crippen LogP contribution in [0.3, 0.4) is 0 Å². The molecule has 0 aliphatic heterocycles. The molecule has 1 rings (SSSR count). The van der Waals surface area contributed by atoms with Gasteiger partial charge in [0.1, 0.15) is 0 Å². The summed E-state index contributed by atoms with van der Waals surface area (Å²) in [7, 11) is 1.93. The number of aliphatic hydroxyl groups excluding tert-OH is 1. The van der Waals surface area contributed by atoms with E-state index < -0.39 is 0 Å². The van der Waals surface area contributed by atoms with Crippen LogP contribution in [-0.2, 0) is 11.3 Å². The number of likely N-dealkylation sites (N-methyl/N-ethyl adjacent to an activating group) is 1. The summed E-state index contributed by atoms with van der Waals surface area (Å²) in [4.78, 5) is 13.8.